The van der Waals surface area contributed by atoms with Gasteiger partial charge >= 0.3 is 6.09 Å². The summed E-state index contributed by atoms with van der Waals surface area (Å²) < 4.78 is 5.12. The summed E-state index contributed by atoms with van der Waals surface area (Å²) in [5.74, 6) is 0.568. The maximum absolute atomic E-state index is 11.3. The lowest BCUT2D eigenvalue weighted by molar-refractivity contribution is 0.200. The number of carbonyl (C=O) groups is 1. The van der Waals surface area contributed by atoms with Gasteiger partial charge in [-0.15, -0.1) is 0 Å². The quantitative estimate of drug-likeness (QED) is 0.807. The molecule has 0 aliphatic heterocycles. The lowest BCUT2D eigenvalue weighted by atomic mass is 10.1. The van der Waals surface area contributed by atoms with Crippen LogP contribution in [-0.2, 0) is 6.42 Å². The predicted octanol–water partition coefficient (Wildman–Crippen LogP) is 1.44. The van der Waals surface area contributed by atoms with Gasteiger partial charge in [0.1, 0.15) is 5.75 Å². The van der Waals surface area contributed by atoms with E-state index in [0.29, 0.717) is 18.3 Å². The lowest BCUT2D eigenvalue weighted by Crippen LogP contribution is -2.28. The second-order valence-electron chi connectivity index (χ2n) is 3.99. The summed E-state index contributed by atoms with van der Waals surface area (Å²) in [6, 6.07) is 7.75. The molecule has 1 amide bonds. The summed E-state index contributed by atoms with van der Waals surface area (Å²) in [5.41, 5.74) is 6.60. The Bertz CT molecular complexity index is 358. The first-order chi connectivity index (χ1) is 7.78. The van der Waals surface area contributed by atoms with E-state index in [1.54, 1.807) is 12.1 Å². The average Bonchev–Trinajstić information content (AvgIpc) is 3.05. The van der Waals surface area contributed by atoms with Crippen LogP contribution >= 0.6 is 0 Å². The van der Waals surface area contributed by atoms with E-state index >= 15 is 0 Å². The van der Waals surface area contributed by atoms with Gasteiger partial charge in [-0.1, -0.05) is 12.1 Å². The van der Waals surface area contributed by atoms with Crippen molar-refractivity contribution >= 4 is 6.09 Å². The maximum Gasteiger partial charge on any atom is 0.412 e. The summed E-state index contributed by atoms with van der Waals surface area (Å²) in [5, 5.41) is 2.76. The van der Waals surface area contributed by atoms with Crippen LogP contribution in [0.3, 0.4) is 0 Å². The standard InChI is InChI=1S/C12H16N2O2/c13-8-7-9-1-5-11(6-2-9)16-12(15)14-10-3-4-10/h1-2,5-6,10H,3-4,7-8,13H2,(H,14,15). The van der Waals surface area contributed by atoms with E-state index in [-0.39, 0.29) is 6.09 Å². The number of hydrogen-bond donors (Lipinski definition) is 2. The molecular formula is C12H16N2O2. The van der Waals surface area contributed by atoms with Gasteiger partial charge in [0.2, 0.25) is 0 Å². The fourth-order valence-corrected chi connectivity index (χ4v) is 1.42. The molecule has 0 unspecified atom stereocenters. The van der Waals surface area contributed by atoms with E-state index in [1.807, 2.05) is 12.1 Å². The summed E-state index contributed by atoms with van der Waals surface area (Å²) in [4.78, 5) is 11.3. The summed E-state index contributed by atoms with van der Waals surface area (Å²) in [7, 11) is 0. The van der Waals surface area contributed by atoms with Crippen LogP contribution in [0.25, 0.3) is 0 Å². The van der Waals surface area contributed by atoms with Crippen LogP contribution in [0.2, 0.25) is 0 Å². The van der Waals surface area contributed by atoms with Gasteiger partial charge in [-0.2, -0.15) is 0 Å². The first kappa shape index (κ1) is 11.0. The van der Waals surface area contributed by atoms with E-state index < -0.39 is 0 Å². The molecule has 0 saturated heterocycles. The SMILES string of the molecule is NCCc1ccc(OC(=O)NC2CC2)cc1. The zero-order valence-electron chi connectivity index (χ0n) is 9.11. The number of nitrogens with one attached hydrogen (secondary N) is 1. The van der Waals surface area contributed by atoms with Gasteiger partial charge in [0.25, 0.3) is 0 Å². The molecule has 0 bridgehead atoms. The molecule has 2 rings (SSSR count). The van der Waals surface area contributed by atoms with Crippen molar-refractivity contribution < 1.29 is 9.53 Å². The lowest BCUT2D eigenvalue weighted by Gasteiger charge is -2.06. The molecule has 3 N–H and O–H groups in total. The normalized spacial score (nSPS) is 14.6. The highest BCUT2D eigenvalue weighted by molar-refractivity contribution is 5.71. The molecule has 0 spiro atoms. The third-order valence-electron chi connectivity index (χ3n) is 2.47. The average molecular weight is 220 g/mol. The third-order valence-corrected chi connectivity index (χ3v) is 2.47. The van der Waals surface area contributed by atoms with Crippen molar-refractivity contribution in [1.82, 2.24) is 5.32 Å². The molecule has 16 heavy (non-hydrogen) atoms. The van der Waals surface area contributed by atoms with Crippen LogP contribution in [0.15, 0.2) is 24.3 Å². The molecule has 4 nitrogen and oxygen atoms in total. The van der Waals surface area contributed by atoms with Crippen LogP contribution in [0, 0.1) is 0 Å². The number of amides is 1. The molecule has 0 aromatic heterocycles. The summed E-state index contributed by atoms with van der Waals surface area (Å²) in [6.07, 6.45) is 2.60. The van der Waals surface area contributed by atoms with Crippen LogP contribution in [0.5, 0.6) is 5.75 Å². The molecule has 1 aliphatic rings. The fraction of sp³-hybridized carbons (Fsp3) is 0.417. The molecule has 1 saturated carbocycles. The fourth-order valence-electron chi connectivity index (χ4n) is 1.42. The molecule has 0 heterocycles. The predicted molar refractivity (Wildman–Crippen MR) is 61.4 cm³/mol. The second-order valence-corrected chi connectivity index (χ2v) is 3.99. The summed E-state index contributed by atoms with van der Waals surface area (Å²) >= 11 is 0. The smallest absolute Gasteiger partial charge is 0.410 e. The van der Waals surface area contributed by atoms with E-state index in [2.05, 4.69) is 5.32 Å². The van der Waals surface area contributed by atoms with Gasteiger partial charge in [-0.3, -0.25) is 0 Å². The minimum atomic E-state index is -0.367. The zero-order valence-corrected chi connectivity index (χ0v) is 9.11. The van der Waals surface area contributed by atoms with Crippen LogP contribution < -0.4 is 15.8 Å². The van der Waals surface area contributed by atoms with Gasteiger partial charge in [-0.05, 0) is 43.5 Å². The van der Waals surface area contributed by atoms with Crippen molar-refractivity contribution in [2.75, 3.05) is 6.54 Å². The van der Waals surface area contributed by atoms with Gasteiger partial charge < -0.3 is 15.8 Å². The van der Waals surface area contributed by atoms with Crippen molar-refractivity contribution in [1.29, 1.82) is 0 Å². The first-order valence-electron chi connectivity index (χ1n) is 5.55. The highest BCUT2D eigenvalue weighted by Gasteiger charge is 2.24. The number of ether oxygens (including phenoxy) is 1. The Kier molecular flexibility index (Phi) is 3.41. The number of hydrogen-bond acceptors (Lipinski definition) is 3. The largest absolute Gasteiger partial charge is 0.412 e. The Morgan fingerprint density at radius 3 is 2.62 bits per heavy atom. The van der Waals surface area contributed by atoms with E-state index in [4.69, 9.17) is 10.5 Å². The molecule has 1 aromatic carbocycles. The molecule has 0 radical (unpaired) electrons. The monoisotopic (exact) mass is 220 g/mol. The molecular weight excluding hydrogens is 204 g/mol. The molecule has 1 aliphatic carbocycles. The Balaban J connectivity index is 1.85. The molecule has 86 valence electrons. The van der Waals surface area contributed by atoms with Crippen LogP contribution in [-0.4, -0.2) is 18.7 Å². The van der Waals surface area contributed by atoms with E-state index in [0.717, 1.165) is 24.8 Å². The van der Waals surface area contributed by atoms with Crippen LogP contribution in [0.4, 0.5) is 4.79 Å². The molecule has 4 heteroatoms. The minimum Gasteiger partial charge on any atom is -0.410 e. The Morgan fingerprint density at radius 2 is 2.06 bits per heavy atom. The maximum atomic E-state index is 11.3. The van der Waals surface area contributed by atoms with Gasteiger partial charge in [0, 0.05) is 6.04 Å². The molecule has 1 aromatic rings. The van der Waals surface area contributed by atoms with Crippen LogP contribution in [0.1, 0.15) is 18.4 Å². The van der Waals surface area contributed by atoms with Crippen molar-refractivity contribution in [3.05, 3.63) is 29.8 Å². The second kappa shape index (κ2) is 4.99. The van der Waals surface area contributed by atoms with E-state index in [1.165, 1.54) is 0 Å². The summed E-state index contributed by atoms with van der Waals surface area (Å²) in [6.45, 7) is 0.627. The van der Waals surface area contributed by atoms with Crippen molar-refractivity contribution in [3.63, 3.8) is 0 Å². The minimum absolute atomic E-state index is 0.323. The van der Waals surface area contributed by atoms with Gasteiger partial charge in [0.05, 0.1) is 0 Å². The number of benzene rings is 1. The van der Waals surface area contributed by atoms with E-state index in [9.17, 15) is 4.79 Å². The number of rotatable bonds is 4. The Hall–Kier alpha value is -1.55. The first-order valence-corrected chi connectivity index (χ1v) is 5.55. The molecule has 1 fully saturated rings. The number of carbonyl (C=O) groups excluding carboxylic acids is 1. The van der Waals surface area contributed by atoms with Gasteiger partial charge in [0.15, 0.2) is 0 Å². The zero-order chi connectivity index (χ0) is 11.4. The number of nitrogens with two attached hydrogens (primary N) is 1. The molecule has 0 atom stereocenters. The van der Waals surface area contributed by atoms with Gasteiger partial charge in [-0.25, -0.2) is 4.79 Å². The highest BCUT2D eigenvalue weighted by Crippen LogP contribution is 2.19. The highest BCUT2D eigenvalue weighted by atomic mass is 16.6. The topological polar surface area (TPSA) is 64.3 Å². The van der Waals surface area contributed by atoms with Crippen molar-refractivity contribution in [3.8, 4) is 5.75 Å². The van der Waals surface area contributed by atoms with Crippen molar-refractivity contribution in [2.24, 2.45) is 5.73 Å². The third kappa shape index (κ3) is 3.24. The Labute approximate surface area is 94.8 Å². The van der Waals surface area contributed by atoms with Crippen molar-refractivity contribution in [2.45, 2.75) is 25.3 Å². The Morgan fingerprint density at radius 1 is 1.38 bits per heavy atom.